The molecule has 0 saturated carbocycles. The lowest BCUT2D eigenvalue weighted by Crippen LogP contribution is -2.19. The first-order valence-electron chi connectivity index (χ1n) is 6.46. The van der Waals surface area contributed by atoms with Crippen LogP contribution in [0.3, 0.4) is 0 Å². The highest BCUT2D eigenvalue weighted by Gasteiger charge is 2.33. The molecule has 2 aromatic carbocycles. The molecule has 0 aromatic heterocycles. The fourth-order valence-corrected chi connectivity index (χ4v) is 2.15. The number of hydrogen-bond donors (Lipinski definition) is 1. The van der Waals surface area contributed by atoms with Gasteiger partial charge in [-0.15, -0.1) is 13.2 Å². The van der Waals surface area contributed by atoms with Gasteiger partial charge in [-0.1, -0.05) is 55.5 Å². The number of alkyl halides is 3. The Morgan fingerprint density at radius 1 is 0.952 bits per heavy atom. The summed E-state index contributed by atoms with van der Waals surface area (Å²) in [7, 11) is 0. The maximum absolute atomic E-state index is 12.4. The Hall–Kier alpha value is -2.01. The first-order valence-corrected chi connectivity index (χ1v) is 6.46. The highest BCUT2D eigenvalue weighted by molar-refractivity contribution is 5.37. The Labute approximate surface area is 120 Å². The lowest BCUT2D eigenvalue weighted by molar-refractivity contribution is -0.275. The number of ether oxygens (including phenoxy) is 1. The van der Waals surface area contributed by atoms with E-state index in [1.807, 2.05) is 30.3 Å². The molecule has 112 valence electrons. The third-order valence-corrected chi connectivity index (χ3v) is 3.26. The smallest absolute Gasteiger partial charge is 0.405 e. The van der Waals surface area contributed by atoms with Crippen molar-refractivity contribution in [1.29, 1.82) is 0 Å². The van der Waals surface area contributed by atoms with Gasteiger partial charge in [0.25, 0.3) is 0 Å². The standard InChI is InChI=1S/C16H15F3O2/c1-11(12-7-3-2-4-8-12)15(20)13-9-5-6-10-14(13)21-16(17,18)19/h2-11,15,20H,1H3. The molecular formula is C16H15F3O2. The van der Waals surface area contributed by atoms with Crippen molar-refractivity contribution in [2.45, 2.75) is 25.3 Å². The van der Waals surface area contributed by atoms with Crippen LogP contribution in [0.4, 0.5) is 13.2 Å². The molecule has 0 spiro atoms. The van der Waals surface area contributed by atoms with Gasteiger partial charge in [-0.2, -0.15) is 0 Å². The lowest BCUT2D eigenvalue weighted by atomic mass is 9.90. The average molecular weight is 296 g/mol. The molecule has 0 aliphatic carbocycles. The normalized spacial score (nSPS) is 14.5. The van der Waals surface area contributed by atoms with Crippen LogP contribution in [0.15, 0.2) is 54.6 Å². The molecule has 2 atom stereocenters. The SMILES string of the molecule is CC(c1ccccc1)C(O)c1ccccc1OC(F)(F)F. The van der Waals surface area contributed by atoms with Crippen LogP contribution in [-0.2, 0) is 0 Å². The molecule has 21 heavy (non-hydrogen) atoms. The van der Waals surface area contributed by atoms with Crippen LogP contribution in [0.2, 0.25) is 0 Å². The molecule has 2 rings (SSSR count). The van der Waals surface area contributed by atoms with E-state index in [9.17, 15) is 18.3 Å². The van der Waals surface area contributed by atoms with Gasteiger partial charge in [0.2, 0.25) is 0 Å². The van der Waals surface area contributed by atoms with Gasteiger partial charge < -0.3 is 9.84 Å². The van der Waals surface area contributed by atoms with E-state index < -0.39 is 12.5 Å². The van der Waals surface area contributed by atoms with Gasteiger partial charge in [0.05, 0.1) is 6.10 Å². The number of hydrogen-bond acceptors (Lipinski definition) is 2. The topological polar surface area (TPSA) is 29.5 Å². The minimum atomic E-state index is -4.79. The lowest BCUT2D eigenvalue weighted by Gasteiger charge is -2.22. The minimum absolute atomic E-state index is 0.117. The summed E-state index contributed by atoms with van der Waals surface area (Å²) in [6, 6.07) is 14.7. The van der Waals surface area contributed by atoms with Crippen LogP contribution in [0, 0.1) is 0 Å². The average Bonchev–Trinajstić information content (AvgIpc) is 2.45. The maximum atomic E-state index is 12.4. The Kier molecular flexibility index (Phi) is 4.53. The van der Waals surface area contributed by atoms with Crippen molar-refractivity contribution >= 4 is 0 Å². The molecule has 0 aliphatic rings. The molecule has 2 nitrogen and oxygen atoms in total. The Bertz CT molecular complexity index is 582. The summed E-state index contributed by atoms with van der Waals surface area (Å²) in [4.78, 5) is 0. The molecule has 2 aromatic rings. The highest BCUT2D eigenvalue weighted by Crippen LogP contribution is 2.37. The van der Waals surface area contributed by atoms with Gasteiger partial charge >= 0.3 is 6.36 Å². The highest BCUT2D eigenvalue weighted by atomic mass is 19.4. The van der Waals surface area contributed by atoms with Gasteiger partial charge in [0, 0.05) is 11.5 Å². The fraction of sp³-hybridized carbons (Fsp3) is 0.250. The second-order valence-electron chi connectivity index (χ2n) is 4.73. The van der Waals surface area contributed by atoms with Gasteiger partial charge in [0.1, 0.15) is 5.75 Å². The van der Waals surface area contributed by atoms with Crippen LogP contribution in [0.25, 0.3) is 0 Å². The number of para-hydroxylation sites is 1. The van der Waals surface area contributed by atoms with Gasteiger partial charge in [-0.3, -0.25) is 0 Å². The number of rotatable bonds is 4. The van der Waals surface area contributed by atoms with E-state index in [-0.39, 0.29) is 17.2 Å². The summed E-state index contributed by atoms with van der Waals surface area (Å²) in [5.74, 6) is -0.732. The largest absolute Gasteiger partial charge is 0.573 e. The number of benzene rings is 2. The summed E-state index contributed by atoms with van der Waals surface area (Å²) in [5, 5.41) is 10.4. The minimum Gasteiger partial charge on any atom is -0.405 e. The predicted molar refractivity (Wildman–Crippen MR) is 72.9 cm³/mol. The van der Waals surface area contributed by atoms with Crippen molar-refractivity contribution in [2.75, 3.05) is 0 Å². The van der Waals surface area contributed by atoms with E-state index in [2.05, 4.69) is 4.74 Å². The van der Waals surface area contributed by atoms with E-state index in [0.29, 0.717) is 0 Å². The van der Waals surface area contributed by atoms with Crippen molar-refractivity contribution in [3.05, 3.63) is 65.7 Å². The van der Waals surface area contributed by atoms with E-state index in [4.69, 9.17) is 0 Å². The molecule has 0 radical (unpaired) electrons. The Morgan fingerprint density at radius 2 is 1.52 bits per heavy atom. The molecule has 1 N–H and O–H groups in total. The second-order valence-corrected chi connectivity index (χ2v) is 4.73. The van der Waals surface area contributed by atoms with Gasteiger partial charge in [-0.05, 0) is 11.6 Å². The van der Waals surface area contributed by atoms with Crippen molar-refractivity contribution in [3.63, 3.8) is 0 Å². The van der Waals surface area contributed by atoms with Crippen molar-refractivity contribution < 1.29 is 23.0 Å². The summed E-state index contributed by atoms with van der Waals surface area (Å²) in [5.41, 5.74) is 0.956. The molecule has 0 saturated heterocycles. The maximum Gasteiger partial charge on any atom is 0.573 e. The third-order valence-electron chi connectivity index (χ3n) is 3.26. The number of aliphatic hydroxyl groups excluding tert-OH is 1. The van der Waals surface area contributed by atoms with Crippen LogP contribution < -0.4 is 4.74 Å². The third kappa shape index (κ3) is 3.98. The fourth-order valence-electron chi connectivity index (χ4n) is 2.15. The summed E-state index contributed by atoms with van der Waals surface area (Å²) in [6.07, 6.45) is -5.88. The Balaban J connectivity index is 2.29. The monoisotopic (exact) mass is 296 g/mol. The Morgan fingerprint density at radius 3 is 2.14 bits per heavy atom. The van der Waals surface area contributed by atoms with E-state index >= 15 is 0 Å². The number of aliphatic hydroxyl groups is 1. The molecule has 0 heterocycles. The summed E-state index contributed by atoms with van der Waals surface area (Å²) in [6.45, 7) is 1.75. The molecule has 0 amide bonds. The molecule has 0 aliphatic heterocycles. The predicted octanol–water partition coefficient (Wildman–Crippen LogP) is 4.42. The molecule has 5 heteroatoms. The van der Waals surface area contributed by atoms with Crippen LogP contribution >= 0.6 is 0 Å². The molecule has 0 bridgehead atoms. The number of halogens is 3. The zero-order valence-corrected chi connectivity index (χ0v) is 11.3. The van der Waals surface area contributed by atoms with Crippen LogP contribution in [-0.4, -0.2) is 11.5 Å². The van der Waals surface area contributed by atoms with E-state index in [1.165, 1.54) is 18.2 Å². The summed E-state index contributed by atoms with van der Waals surface area (Å²) < 4.78 is 41.2. The zero-order valence-electron chi connectivity index (χ0n) is 11.3. The molecular weight excluding hydrogens is 281 g/mol. The van der Waals surface area contributed by atoms with Gasteiger partial charge in [0.15, 0.2) is 0 Å². The first-order chi connectivity index (χ1) is 9.88. The van der Waals surface area contributed by atoms with E-state index in [1.54, 1.807) is 13.0 Å². The zero-order chi connectivity index (χ0) is 15.5. The second kappa shape index (κ2) is 6.18. The van der Waals surface area contributed by atoms with Crippen molar-refractivity contribution in [1.82, 2.24) is 0 Å². The van der Waals surface area contributed by atoms with Crippen LogP contribution in [0.5, 0.6) is 5.75 Å². The first kappa shape index (κ1) is 15.4. The van der Waals surface area contributed by atoms with Gasteiger partial charge in [-0.25, -0.2) is 0 Å². The molecule has 2 unspecified atom stereocenters. The van der Waals surface area contributed by atoms with E-state index in [0.717, 1.165) is 5.56 Å². The quantitative estimate of drug-likeness (QED) is 0.905. The van der Waals surface area contributed by atoms with Crippen molar-refractivity contribution in [3.8, 4) is 5.75 Å². The molecule has 0 fully saturated rings. The summed E-state index contributed by atoms with van der Waals surface area (Å²) >= 11 is 0. The van der Waals surface area contributed by atoms with Crippen molar-refractivity contribution in [2.24, 2.45) is 0 Å². The van der Waals surface area contributed by atoms with Crippen LogP contribution in [0.1, 0.15) is 30.1 Å².